The molecule has 22 heavy (non-hydrogen) atoms. The van der Waals surface area contributed by atoms with Gasteiger partial charge in [0.1, 0.15) is 0 Å². The van der Waals surface area contributed by atoms with Gasteiger partial charge in [0.2, 0.25) is 0 Å². The highest BCUT2D eigenvalue weighted by Crippen LogP contribution is 2.24. The summed E-state index contributed by atoms with van der Waals surface area (Å²) in [6, 6.07) is 8.82. The van der Waals surface area contributed by atoms with E-state index in [1.54, 1.807) is 11.8 Å². The summed E-state index contributed by atoms with van der Waals surface area (Å²) in [6.07, 6.45) is 7.48. The topological polar surface area (TPSA) is 35.6 Å². The lowest BCUT2D eigenvalue weighted by Gasteiger charge is -2.38. The number of carbonyl (C=O) groups is 1. The minimum absolute atomic E-state index is 0.0305. The first-order valence-electron chi connectivity index (χ1n) is 8.20. The Hall–Kier alpha value is -1.20. The van der Waals surface area contributed by atoms with Crippen molar-refractivity contribution in [3.8, 4) is 0 Å². The van der Waals surface area contributed by atoms with E-state index in [9.17, 15) is 4.79 Å². The summed E-state index contributed by atoms with van der Waals surface area (Å²) >= 11 is 1.71. The van der Waals surface area contributed by atoms with Crippen LogP contribution in [0, 0.1) is 0 Å². The summed E-state index contributed by atoms with van der Waals surface area (Å²) in [6.45, 7) is 3.71. The van der Waals surface area contributed by atoms with Crippen molar-refractivity contribution in [2.24, 2.45) is 0 Å². The average Bonchev–Trinajstić information content (AvgIpc) is 3.10. The molecule has 1 heterocycles. The molecule has 4 nitrogen and oxygen atoms in total. The van der Waals surface area contributed by atoms with E-state index in [1.807, 2.05) is 29.2 Å². The van der Waals surface area contributed by atoms with Gasteiger partial charge >= 0.3 is 6.03 Å². The Balaban J connectivity index is 1.48. The van der Waals surface area contributed by atoms with Gasteiger partial charge in [0.25, 0.3) is 0 Å². The first-order chi connectivity index (χ1) is 10.8. The Bertz CT molecular complexity index is 491. The molecule has 1 aromatic rings. The van der Waals surface area contributed by atoms with Gasteiger partial charge in [-0.3, -0.25) is 4.90 Å². The number of amides is 2. The van der Waals surface area contributed by atoms with Gasteiger partial charge in [-0.15, -0.1) is 11.8 Å². The highest BCUT2D eigenvalue weighted by atomic mass is 32.2. The summed E-state index contributed by atoms with van der Waals surface area (Å²) in [7, 11) is 0. The van der Waals surface area contributed by atoms with Gasteiger partial charge in [0, 0.05) is 42.8 Å². The standard InChI is InChI=1S/C17H25N3OS/c1-22-16-8-6-14(7-9-16)18-17(21)20-12-10-19(11-13-20)15-4-2-3-5-15/h6-9,15H,2-5,10-13H2,1H3,(H,18,21). The smallest absolute Gasteiger partial charge is 0.321 e. The highest BCUT2D eigenvalue weighted by molar-refractivity contribution is 7.98. The molecule has 0 radical (unpaired) electrons. The van der Waals surface area contributed by atoms with Crippen LogP contribution in [0.3, 0.4) is 0 Å². The second-order valence-corrected chi connectivity index (χ2v) is 7.00. The number of nitrogens with one attached hydrogen (secondary N) is 1. The summed E-state index contributed by atoms with van der Waals surface area (Å²) in [4.78, 5) is 18.1. The second-order valence-electron chi connectivity index (χ2n) is 6.12. The normalized spacial score (nSPS) is 20.3. The molecular formula is C17H25N3OS. The van der Waals surface area contributed by atoms with Gasteiger partial charge in [0.15, 0.2) is 0 Å². The van der Waals surface area contributed by atoms with Crippen LogP contribution in [0.25, 0.3) is 0 Å². The van der Waals surface area contributed by atoms with E-state index in [0.29, 0.717) is 0 Å². The number of hydrogen-bond acceptors (Lipinski definition) is 3. The number of thioether (sulfide) groups is 1. The Morgan fingerprint density at radius 1 is 1.09 bits per heavy atom. The molecule has 1 saturated heterocycles. The largest absolute Gasteiger partial charge is 0.322 e. The predicted molar refractivity (Wildman–Crippen MR) is 92.6 cm³/mol. The molecule has 2 fully saturated rings. The maximum atomic E-state index is 12.3. The summed E-state index contributed by atoms with van der Waals surface area (Å²) in [5, 5.41) is 3.01. The SMILES string of the molecule is CSc1ccc(NC(=O)N2CCN(C3CCCC3)CC2)cc1. The van der Waals surface area contributed by atoms with E-state index >= 15 is 0 Å². The van der Waals surface area contributed by atoms with E-state index in [4.69, 9.17) is 0 Å². The van der Waals surface area contributed by atoms with E-state index in [2.05, 4.69) is 16.5 Å². The molecule has 1 aliphatic heterocycles. The monoisotopic (exact) mass is 319 g/mol. The lowest BCUT2D eigenvalue weighted by Crippen LogP contribution is -2.52. The number of benzene rings is 1. The fourth-order valence-electron chi connectivity index (χ4n) is 3.44. The molecule has 1 N–H and O–H groups in total. The van der Waals surface area contributed by atoms with Gasteiger partial charge < -0.3 is 10.2 Å². The first-order valence-corrected chi connectivity index (χ1v) is 9.43. The van der Waals surface area contributed by atoms with Crippen molar-refractivity contribution in [3.05, 3.63) is 24.3 Å². The molecule has 0 atom stereocenters. The predicted octanol–water partition coefficient (Wildman–Crippen LogP) is 3.50. The molecule has 120 valence electrons. The van der Waals surface area contributed by atoms with Gasteiger partial charge in [-0.1, -0.05) is 12.8 Å². The van der Waals surface area contributed by atoms with Crippen molar-refractivity contribution >= 4 is 23.5 Å². The van der Waals surface area contributed by atoms with Crippen LogP contribution in [0.15, 0.2) is 29.2 Å². The van der Waals surface area contributed by atoms with Crippen molar-refractivity contribution in [3.63, 3.8) is 0 Å². The molecule has 0 bridgehead atoms. The molecule has 0 unspecified atom stereocenters. The minimum Gasteiger partial charge on any atom is -0.322 e. The number of piperazine rings is 1. The van der Waals surface area contributed by atoms with Crippen LogP contribution in [-0.2, 0) is 0 Å². The van der Waals surface area contributed by atoms with Gasteiger partial charge in [-0.05, 0) is 43.4 Å². The van der Waals surface area contributed by atoms with E-state index in [-0.39, 0.29) is 6.03 Å². The number of anilines is 1. The third kappa shape index (κ3) is 3.76. The minimum atomic E-state index is 0.0305. The van der Waals surface area contributed by atoms with Gasteiger partial charge in [0.05, 0.1) is 0 Å². The van der Waals surface area contributed by atoms with E-state index in [0.717, 1.165) is 37.9 Å². The molecule has 1 aliphatic carbocycles. The lowest BCUT2D eigenvalue weighted by molar-refractivity contribution is 0.115. The van der Waals surface area contributed by atoms with Crippen molar-refractivity contribution in [2.75, 3.05) is 37.8 Å². The van der Waals surface area contributed by atoms with E-state index in [1.165, 1.54) is 30.6 Å². The summed E-state index contributed by atoms with van der Waals surface area (Å²) < 4.78 is 0. The van der Waals surface area contributed by atoms with Crippen LogP contribution < -0.4 is 5.32 Å². The van der Waals surface area contributed by atoms with Crippen LogP contribution >= 0.6 is 11.8 Å². The van der Waals surface area contributed by atoms with Gasteiger partial charge in [-0.2, -0.15) is 0 Å². The van der Waals surface area contributed by atoms with Crippen LogP contribution in [0.4, 0.5) is 10.5 Å². The van der Waals surface area contributed by atoms with Crippen LogP contribution in [0.2, 0.25) is 0 Å². The quantitative estimate of drug-likeness (QED) is 0.866. The molecule has 0 spiro atoms. The first kappa shape index (κ1) is 15.7. The fraction of sp³-hybridized carbons (Fsp3) is 0.588. The molecule has 1 saturated carbocycles. The molecule has 1 aromatic carbocycles. The molecular weight excluding hydrogens is 294 g/mol. The van der Waals surface area contributed by atoms with Crippen molar-refractivity contribution in [1.29, 1.82) is 0 Å². The van der Waals surface area contributed by atoms with Crippen molar-refractivity contribution < 1.29 is 4.79 Å². The summed E-state index contributed by atoms with van der Waals surface area (Å²) in [5.74, 6) is 0. The maximum Gasteiger partial charge on any atom is 0.321 e. The number of urea groups is 1. The number of carbonyl (C=O) groups excluding carboxylic acids is 1. The third-order valence-electron chi connectivity index (χ3n) is 4.78. The molecule has 3 rings (SSSR count). The molecule has 2 amide bonds. The maximum absolute atomic E-state index is 12.3. The molecule has 2 aliphatic rings. The third-order valence-corrected chi connectivity index (χ3v) is 5.53. The second kappa shape index (κ2) is 7.38. The van der Waals surface area contributed by atoms with E-state index < -0.39 is 0 Å². The zero-order valence-electron chi connectivity index (χ0n) is 13.3. The number of hydrogen-bond donors (Lipinski definition) is 1. The average molecular weight is 319 g/mol. The van der Waals surface area contributed by atoms with Crippen LogP contribution in [0.5, 0.6) is 0 Å². The Morgan fingerprint density at radius 2 is 1.73 bits per heavy atom. The highest BCUT2D eigenvalue weighted by Gasteiger charge is 2.27. The summed E-state index contributed by atoms with van der Waals surface area (Å²) in [5.41, 5.74) is 0.876. The number of nitrogens with zero attached hydrogens (tertiary/aromatic N) is 2. The lowest BCUT2D eigenvalue weighted by atomic mass is 10.2. The van der Waals surface area contributed by atoms with Gasteiger partial charge in [-0.25, -0.2) is 4.79 Å². The Morgan fingerprint density at radius 3 is 2.32 bits per heavy atom. The fourth-order valence-corrected chi connectivity index (χ4v) is 3.84. The zero-order valence-corrected chi connectivity index (χ0v) is 14.1. The Kier molecular flexibility index (Phi) is 5.26. The van der Waals surface area contributed by atoms with Crippen molar-refractivity contribution in [2.45, 2.75) is 36.6 Å². The number of rotatable bonds is 3. The van der Waals surface area contributed by atoms with Crippen LogP contribution in [-0.4, -0.2) is 54.3 Å². The van der Waals surface area contributed by atoms with Crippen molar-refractivity contribution in [1.82, 2.24) is 9.80 Å². The zero-order chi connectivity index (χ0) is 15.4. The molecule has 0 aromatic heterocycles. The Labute approximate surface area is 137 Å². The molecule has 5 heteroatoms. The van der Waals surface area contributed by atoms with Crippen LogP contribution in [0.1, 0.15) is 25.7 Å².